The van der Waals surface area contributed by atoms with E-state index in [4.69, 9.17) is 14.2 Å². The van der Waals surface area contributed by atoms with E-state index < -0.39 is 11.6 Å². The highest BCUT2D eigenvalue weighted by Gasteiger charge is 2.23. The van der Waals surface area contributed by atoms with Crippen LogP contribution in [0.1, 0.15) is 44.4 Å². The number of hydrogen-bond donors (Lipinski definition) is 0. The molecule has 0 N–H and O–H groups in total. The third kappa shape index (κ3) is 6.59. The zero-order valence-corrected chi connectivity index (χ0v) is 22.7. The van der Waals surface area contributed by atoms with Gasteiger partial charge in [0.2, 0.25) is 6.54 Å². The van der Waals surface area contributed by atoms with Gasteiger partial charge in [0, 0.05) is 35.6 Å². The number of nitrogens with zero attached hydrogens (tertiary/aromatic N) is 2. The third-order valence-corrected chi connectivity index (χ3v) is 6.12. The van der Waals surface area contributed by atoms with Crippen LogP contribution in [0.4, 0.5) is 11.4 Å². The number of carbonyl (C=O) groups excluding carboxylic acids is 2. The molecule has 1 aliphatic heterocycles. The van der Waals surface area contributed by atoms with Crippen LogP contribution in [0, 0.1) is 0 Å². The third-order valence-electron chi connectivity index (χ3n) is 6.12. The predicted octanol–water partition coefficient (Wildman–Crippen LogP) is 5.12. The number of hydrogen-bond acceptors (Lipinski definition) is 6. The highest BCUT2D eigenvalue weighted by Crippen LogP contribution is 2.36. The van der Waals surface area contributed by atoms with Gasteiger partial charge in [-0.15, -0.1) is 0 Å². The van der Waals surface area contributed by atoms with Gasteiger partial charge >= 0.3 is 11.9 Å². The first-order chi connectivity index (χ1) is 18.2. The Morgan fingerprint density at radius 1 is 1.03 bits per heavy atom. The van der Waals surface area contributed by atoms with Gasteiger partial charge in [0.25, 0.3) is 0 Å². The van der Waals surface area contributed by atoms with Crippen LogP contribution < -0.4 is 14.2 Å². The molecule has 1 aromatic heterocycles. The molecule has 198 valence electrons. The van der Waals surface area contributed by atoms with Crippen LogP contribution in [-0.2, 0) is 32.0 Å². The van der Waals surface area contributed by atoms with Gasteiger partial charge in [-0.1, -0.05) is 6.07 Å². The van der Waals surface area contributed by atoms with Crippen molar-refractivity contribution in [3.63, 3.8) is 0 Å². The minimum Gasteiger partial charge on any atom is -0.497 e. The zero-order valence-electron chi connectivity index (χ0n) is 22.7. The number of pyridine rings is 1. The predicted molar refractivity (Wildman–Crippen MR) is 147 cm³/mol. The van der Waals surface area contributed by atoms with E-state index in [-0.39, 0.29) is 19.1 Å². The van der Waals surface area contributed by atoms with E-state index in [0.29, 0.717) is 11.1 Å². The summed E-state index contributed by atoms with van der Waals surface area (Å²) >= 11 is 0. The summed E-state index contributed by atoms with van der Waals surface area (Å²) in [5, 5.41) is 0. The molecule has 0 aliphatic carbocycles. The van der Waals surface area contributed by atoms with Crippen molar-refractivity contribution < 1.29 is 28.4 Å². The van der Waals surface area contributed by atoms with Crippen molar-refractivity contribution in [2.24, 2.45) is 0 Å². The summed E-state index contributed by atoms with van der Waals surface area (Å²) < 4.78 is 17.8. The van der Waals surface area contributed by atoms with Crippen LogP contribution in [0.25, 0.3) is 11.6 Å². The number of fused-ring (bicyclic) bond motifs is 1. The first-order valence-electron chi connectivity index (χ1n) is 12.8. The Balaban J connectivity index is 1.57. The largest absolute Gasteiger partial charge is 0.497 e. The molecule has 0 radical (unpaired) electrons. The summed E-state index contributed by atoms with van der Waals surface area (Å²) in [7, 11) is 1.66. The van der Waals surface area contributed by atoms with Crippen LogP contribution in [0.2, 0.25) is 0 Å². The lowest BCUT2D eigenvalue weighted by Crippen LogP contribution is -2.40. The van der Waals surface area contributed by atoms with Crippen LogP contribution in [-0.4, -0.2) is 37.8 Å². The second kappa shape index (κ2) is 11.5. The van der Waals surface area contributed by atoms with E-state index in [1.54, 1.807) is 31.0 Å². The number of methoxy groups -OCH3 is 1. The van der Waals surface area contributed by atoms with Gasteiger partial charge < -0.3 is 19.1 Å². The van der Waals surface area contributed by atoms with Gasteiger partial charge in [-0.2, -0.15) is 4.57 Å². The average Bonchev–Trinajstić information content (AvgIpc) is 3.30. The monoisotopic (exact) mass is 515 g/mol. The van der Waals surface area contributed by atoms with Crippen molar-refractivity contribution in [2.45, 2.75) is 46.3 Å². The number of rotatable bonds is 8. The molecule has 3 aromatic rings. The average molecular weight is 516 g/mol. The normalized spacial score (nSPS) is 13.2. The van der Waals surface area contributed by atoms with Gasteiger partial charge in [0.05, 0.1) is 19.3 Å². The Labute approximate surface area is 224 Å². The summed E-state index contributed by atoms with van der Waals surface area (Å²) in [5.74, 6) is 0.118. The van der Waals surface area contributed by atoms with Crippen molar-refractivity contribution >= 4 is 35.0 Å². The fourth-order valence-electron chi connectivity index (χ4n) is 4.44. The number of carbonyl (C=O) groups is 2. The Hall–Kier alpha value is -4.13. The lowest BCUT2D eigenvalue weighted by molar-refractivity contribution is -0.686. The van der Waals surface area contributed by atoms with Crippen LogP contribution in [0.5, 0.6) is 5.75 Å². The lowest BCUT2D eigenvalue weighted by Gasteiger charge is -2.20. The van der Waals surface area contributed by atoms with Crippen molar-refractivity contribution in [3.8, 4) is 5.75 Å². The maximum absolute atomic E-state index is 12.9. The molecular weight excluding hydrogens is 480 g/mol. The summed E-state index contributed by atoms with van der Waals surface area (Å²) in [6, 6.07) is 17.9. The second-order valence-corrected chi connectivity index (χ2v) is 10.1. The molecule has 0 spiro atoms. The summed E-state index contributed by atoms with van der Waals surface area (Å²) in [6.45, 7) is 8.56. The molecule has 0 amide bonds. The zero-order chi connectivity index (χ0) is 27.3. The molecule has 38 heavy (non-hydrogen) atoms. The summed E-state index contributed by atoms with van der Waals surface area (Å²) in [6.07, 6.45) is 6.30. The molecule has 0 unspecified atom stereocenters. The number of benzene rings is 2. The smallest absolute Gasteiger partial charge is 0.373 e. The van der Waals surface area contributed by atoms with Crippen LogP contribution in [0.15, 0.2) is 67.0 Å². The van der Waals surface area contributed by atoms with Crippen molar-refractivity contribution in [1.29, 1.82) is 0 Å². The van der Waals surface area contributed by atoms with Crippen LogP contribution in [0.3, 0.4) is 0 Å². The van der Waals surface area contributed by atoms with E-state index in [9.17, 15) is 9.59 Å². The number of esters is 2. The maximum atomic E-state index is 12.9. The van der Waals surface area contributed by atoms with Crippen molar-refractivity contribution in [1.82, 2.24) is 0 Å². The van der Waals surface area contributed by atoms with E-state index in [1.165, 1.54) is 5.56 Å². The molecule has 0 fully saturated rings. The van der Waals surface area contributed by atoms with Gasteiger partial charge in [0.1, 0.15) is 11.4 Å². The molecule has 4 rings (SSSR count). The molecule has 7 nitrogen and oxygen atoms in total. The first-order valence-corrected chi connectivity index (χ1v) is 12.8. The Morgan fingerprint density at radius 2 is 1.74 bits per heavy atom. The molecule has 2 heterocycles. The van der Waals surface area contributed by atoms with Gasteiger partial charge in [-0.25, -0.2) is 9.59 Å². The fourth-order valence-corrected chi connectivity index (χ4v) is 4.44. The van der Waals surface area contributed by atoms with Crippen molar-refractivity contribution in [3.05, 3.63) is 83.7 Å². The standard InChI is InChI=1S/C31H35N2O5/c1-6-37-30(35)27(23-13-16-32(17-14-23)21-29(34)38-31(2,3)4)20-22-7-12-28-24(19-22)15-18-33(28)25-8-10-26(36-5)11-9-25/h7-14,16-17,19-20H,6,15,18,21H2,1-5H3/q+1. The Kier molecular flexibility index (Phi) is 8.15. The SMILES string of the molecule is CCOC(=O)/C(=C\c1ccc2c(c1)CCN2c1ccc(OC)cc1)c1cc[n+](CC(=O)OC(C)(C)C)cc1. The molecule has 0 saturated carbocycles. The highest BCUT2D eigenvalue weighted by atomic mass is 16.6. The summed E-state index contributed by atoms with van der Waals surface area (Å²) in [5.41, 5.74) is 5.05. The minimum absolute atomic E-state index is 0.0888. The van der Waals surface area contributed by atoms with E-state index in [2.05, 4.69) is 29.2 Å². The number of ether oxygens (including phenoxy) is 3. The first kappa shape index (κ1) is 26.9. The van der Waals surface area contributed by atoms with Gasteiger partial charge in [-0.05, 0) is 87.7 Å². The lowest BCUT2D eigenvalue weighted by atomic mass is 10.0. The van der Waals surface area contributed by atoms with Crippen LogP contribution >= 0.6 is 0 Å². The topological polar surface area (TPSA) is 69.0 Å². The van der Waals surface area contributed by atoms with E-state index >= 15 is 0 Å². The maximum Gasteiger partial charge on any atom is 0.373 e. The molecule has 2 aromatic carbocycles. The molecule has 7 heteroatoms. The van der Waals surface area contributed by atoms with Crippen molar-refractivity contribution in [2.75, 3.05) is 25.2 Å². The number of anilines is 2. The Morgan fingerprint density at radius 3 is 2.37 bits per heavy atom. The van der Waals surface area contributed by atoms with E-state index in [0.717, 1.165) is 35.7 Å². The summed E-state index contributed by atoms with van der Waals surface area (Å²) in [4.78, 5) is 27.4. The number of aromatic nitrogens is 1. The second-order valence-electron chi connectivity index (χ2n) is 10.1. The Bertz CT molecular complexity index is 1320. The molecule has 0 bridgehead atoms. The minimum atomic E-state index is -0.543. The molecular formula is C31H35N2O5+. The van der Waals surface area contributed by atoms with E-state index in [1.807, 2.05) is 57.2 Å². The molecule has 1 aliphatic rings. The molecule has 0 atom stereocenters. The van der Waals surface area contributed by atoms with Gasteiger partial charge in [-0.3, -0.25) is 0 Å². The van der Waals surface area contributed by atoms with Gasteiger partial charge in [0.15, 0.2) is 12.4 Å². The highest BCUT2D eigenvalue weighted by molar-refractivity contribution is 6.21. The molecule has 0 saturated heterocycles. The quantitative estimate of drug-likeness (QED) is 0.236. The fraction of sp³-hybridized carbons (Fsp3) is 0.323.